The zero-order chi connectivity index (χ0) is 23.2. The van der Waals surface area contributed by atoms with Gasteiger partial charge in [-0.1, -0.05) is 48.0 Å². The van der Waals surface area contributed by atoms with E-state index in [-0.39, 0.29) is 24.8 Å². The summed E-state index contributed by atoms with van der Waals surface area (Å²) in [6, 6.07) is 20.8. The Morgan fingerprint density at radius 3 is 1.91 bits per heavy atom. The van der Waals surface area contributed by atoms with Crippen LogP contribution in [0.5, 0.6) is 17.2 Å². The molecule has 1 aliphatic heterocycles. The molecule has 0 aliphatic carbocycles. The molecule has 1 heterocycles. The molecule has 1 fully saturated rings. The van der Waals surface area contributed by atoms with Gasteiger partial charge in [-0.2, -0.15) is 0 Å². The fraction of sp³-hybridized carbons (Fsp3) is 0.333. The minimum absolute atomic E-state index is 0. The van der Waals surface area contributed by atoms with Gasteiger partial charge >= 0.3 is 0 Å². The second-order valence-electron chi connectivity index (χ2n) is 8.25. The number of benzene rings is 3. The summed E-state index contributed by atoms with van der Waals surface area (Å²) >= 11 is 6.04. The lowest BCUT2D eigenvalue weighted by molar-refractivity contribution is 0.121. The molecule has 190 valence electrons. The van der Waals surface area contributed by atoms with Crippen molar-refractivity contribution in [1.82, 2.24) is 9.80 Å². The summed E-state index contributed by atoms with van der Waals surface area (Å²) in [4.78, 5) is 4.98. The minimum atomic E-state index is 0. The Labute approximate surface area is 225 Å². The SMILES string of the molecule is COc1ccc(CN2CCN(Cc3cccc(-c4ccc(Cl)cc4)c3)CC2)c(OC)c1OC.Cl.Cl. The second-order valence-corrected chi connectivity index (χ2v) is 8.69. The van der Waals surface area contributed by atoms with Crippen molar-refractivity contribution < 1.29 is 14.2 Å². The van der Waals surface area contributed by atoms with Gasteiger partial charge in [-0.25, -0.2) is 0 Å². The van der Waals surface area contributed by atoms with Crippen molar-refractivity contribution in [2.24, 2.45) is 0 Å². The number of nitrogens with zero attached hydrogens (tertiary/aromatic N) is 2. The maximum Gasteiger partial charge on any atom is 0.203 e. The highest BCUT2D eigenvalue weighted by atomic mass is 35.5. The lowest BCUT2D eigenvalue weighted by atomic mass is 10.0. The Balaban J connectivity index is 0.00000216. The molecule has 0 atom stereocenters. The first-order valence-corrected chi connectivity index (χ1v) is 11.6. The zero-order valence-electron chi connectivity index (χ0n) is 20.3. The van der Waals surface area contributed by atoms with Crippen molar-refractivity contribution >= 4 is 36.4 Å². The quantitative estimate of drug-likeness (QED) is 0.341. The van der Waals surface area contributed by atoms with E-state index in [4.69, 9.17) is 25.8 Å². The van der Waals surface area contributed by atoms with Crippen LogP contribution >= 0.6 is 36.4 Å². The number of piperazine rings is 1. The Hall–Kier alpha value is -2.15. The van der Waals surface area contributed by atoms with Crippen LogP contribution in [-0.2, 0) is 13.1 Å². The first kappa shape index (κ1) is 29.1. The van der Waals surface area contributed by atoms with E-state index in [1.54, 1.807) is 21.3 Å². The van der Waals surface area contributed by atoms with E-state index in [0.717, 1.165) is 55.6 Å². The average molecular weight is 540 g/mol. The number of methoxy groups -OCH3 is 3. The molecular formula is C27H33Cl3N2O3. The highest BCUT2D eigenvalue weighted by molar-refractivity contribution is 6.30. The van der Waals surface area contributed by atoms with E-state index < -0.39 is 0 Å². The average Bonchev–Trinajstić information content (AvgIpc) is 2.85. The molecule has 0 N–H and O–H groups in total. The number of halogens is 3. The summed E-state index contributed by atoms with van der Waals surface area (Å²) in [5.74, 6) is 2.08. The van der Waals surface area contributed by atoms with Gasteiger partial charge in [0.25, 0.3) is 0 Å². The largest absolute Gasteiger partial charge is 0.493 e. The molecule has 3 aromatic carbocycles. The normalized spacial score (nSPS) is 13.9. The maximum absolute atomic E-state index is 6.04. The van der Waals surface area contributed by atoms with Crippen LogP contribution in [0.2, 0.25) is 5.02 Å². The van der Waals surface area contributed by atoms with E-state index in [1.165, 1.54) is 16.7 Å². The van der Waals surface area contributed by atoms with Gasteiger partial charge in [0, 0.05) is 49.9 Å². The van der Waals surface area contributed by atoms with Gasteiger partial charge in [0.15, 0.2) is 11.5 Å². The van der Waals surface area contributed by atoms with Crippen LogP contribution in [-0.4, -0.2) is 57.3 Å². The van der Waals surface area contributed by atoms with Gasteiger partial charge in [-0.05, 0) is 41.0 Å². The Kier molecular flexibility index (Phi) is 11.5. The smallest absolute Gasteiger partial charge is 0.203 e. The predicted molar refractivity (Wildman–Crippen MR) is 148 cm³/mol. The highest BCUT2D eigenvalue weighted by Gasteiger charge is 2.21. The van der Waals surface area contributed by atoms with E-state index in [1.807, 2.05) is 18.2 Å². The molecule has 35 heavy (non-hydrogen) atoms. The lowest BCUT2D eigenvalue weighted by Gasteiger charge is -2.35. The Morgan fingerprint density at radius 2 is 1.31 bits per heavy atom. The Morgan fingerprint density at radius 1 is 0.686 bits per heavy atom. The van der Waals surface area contributed by atoms with Crippen LogP contribution in [0, 0.1) is 0 Å². The van der Waals surface area contributed by atoms with Gasteiger partial charge in [-0.3, -0.25) is 9.80 Å². The third-order valence-electron chi connectivity index (χ3n) is 6.16. The van der Waals surface area contributed by atoms with E-state index in [0.29, 0.717) is 11.5 Å². The van der Waals surface area contributed by atoms with Gasteiger partial charge < -0.3 is 14.2 Å². The molecule has 3 aromatic rings. The molecule has 8 heteroatoms. The molecule has 0 amide bonds. The Bertz CT molecular complexity index is 1070. The highest BCUT2D eigenvalue weighted by Crippen LogP contribution is 2.40. The van der Waals surface area contributed by atoms with Gasteiger partial charge in [-0.15, -0.1) is 24.8 Å². The van der Waals surface area contributed by atoms with E-state index >= 15 is 0 Å². The van der Waals surface area contributed by atoms with Crippen LogP contribution in [0.1, 0.15) is 11.1 Å². The van der Waals surface area contributed by atoms with Crippen molar-refractivity contribution in [2.45, 2.75) is 13.1 Å². The van der Waals surface area contributed by atoms with Crippen LogP contribution in [0.25, 0.3) is 11.1 Å². The first-order chi connectivity index (χ1) is 16.1. The fourth-order valence-electron chi connectivity index (χ4n) is 4.38. The molecule has 0 saturated carbocycles. The van der Waals surface area contributed by atoms with Crippen LogP contribution in [0.4, 0.5) is 0 Å². The molecule has 0 bridgehead atoms. The van der Waals surface area contributed by atoms with Crippen molar-refractivity contribution in [3.8, 4) is 28.4 Å². The second kappa shape index (κ2) is 13.8. The number of rotatable bonds is 8. The summed E-state index contributed by atoms with van der Waals surface area (Å²) in [6.07, 6.45) is 0. The molecule has 0 unspecified atom stereocenters. The van der Waals surface area contributed by atoms with Crippen LogP contribution in [0.15, 0.2) is 60.7 Å². The molecule has 1 saturated heterocycles. The fourth-order valence-corrected chi connectivity index (χ4v) is 4.51. The first-order valence-electron chi connectivity index (χ1n) is 11.2. The molecule has 5 nitrogen and oxygen atoms in total. The molecule has 4 rings (SSSR count). The summed E-state index contributed by atoms with van der Waals surface area (Å²) < 4.78 is 16.6. The van der Waals surface area contributed by atoms with Gasteiger partial charge in [0.05, 0.1) is 21.3 Å². The summed E-state index contributed by atoms with van der Waals surface area (Å²) in [5.41, 5.74) is 4.86. The molecule has 1 aliphatic rings. The number of hydrogen-bond donors (Lipinski definition) is 0. The maximum atomic E-state index is 6.04. The molecular weight excluding hydrogens is 507 g/mol. The van der Waals surface area contributed by atoms with Gasteiger partial charge in [0.1, 0.15) is 0 Å². The standard InChI is InChI=1S/C27H31ClN2O3.2ClH/c1-31-25-12-9-23(26(32-2)27(25)33-3)19-30-15-13-29(14-16-30)18-20-5-4-6-22(17-20)21-7-10-24(28)11-8-21;;/h4-12,17H,13-16,18-19H2,1-3H3;2*1H. The monoisotopic (exact) mass is 538 g/mol. The molecule has 0 radical (unpaired) electrons. The lowest BCUT2D eigenvalue weighted by Crippen LogP contribution is -2.45. The van der Waals surface area contributed by atoms with E-state index in [9.17, 15) is 0 Å². The third-order valence-corrected chi connectivity index (χ3v) is 6.41. The summed E-state index contributed by atoms with van der Waals surface area (Å²) in [6.45, 7) is 5.85. The minimum Gasteiger partial charge on any atom is -0.493 e. The third kappa shape index (κ3) is 7.18. The molecule has 0 aromatic heterocycles. The van der Waals surface area contributed by atoms with Gasteiger partial charge in [0.2, 0.25) is 5.75 Å². The summed E-state index contributed by atoms with van der Waals surface area (Å²) in [7, 11) is 4.96. The topological polar surface area (TPSA) is 34.2 Å². The zero-order valence-corrected chi connectivity index (χ0v) is 22.7. The van der Waals surface area contributed by atoms with Crippen molar-refractivity contribution in [3.05, 3.63) is 76.8 Å². The summed E-state index contributed by atoms with van der Waals surface area (Å²) in [5, 5.41) is 0.762. The number of ether oxygens (including phenoxy) is 3. The van der Waals surface area contributed by atoms with Crippen molar-refractivity contribution in [3.63, 3.8) is 0 Å². The predicted octanol–water partition coefficient (Wildman–Crippen LogP) is 6.19. The number of hydrogen-bond acceptors (Lipinski definition) is 5. The molecule has 0 spiro atoms. The van der Waals surface area contributed by atoms with Crippen molar-refractivity contribution in [1.29, 1.82) is 0 Å². The van der Waals surface area contributed by atoms with Crippen LogP contribution in [0.3, 0.4) is 0 Å². The van der Waals surface area contributed by atoms with Crippen molar-refractivity contribution in [2.75, 3.05) is 47.5 Å². The van der Waals surface area contributed by atoms with E-state index in [2.05, 4.69) is 52.3 Å². The van der Waals surface area contributed by atoms with Crippen LogP contribution < -0.4 is 14.2 Å².